The average Bonchev–Trinajstić information content (AvgIpc) is 2.82. The van der Waals surface area contributed by atoms with Crippen LogP contribution in [0.3, 0.4) is 0 Å². The summed E-state index contributed by atoms with van der Waals surface area (Å²) in [5.41, 5.74) is 2.16. The van der Waals surface area contributed by atoms with E-state index < -0.39 is 0 Å². The lowest BCUT2D eigenvalue weighted by Crippen LogP contribution is -2.25. The topological polar surface area (TPSA) is 50.9 Å². The van der Waals surface area contributed by atoms with E-state index in [9.17, 15) is 5.11 Å². The third-order valence-corrected chi connectivity index (χ3v) is 3.16. The van der Waals surface area contributed by atoms with Crippen LogP contribution in [-0.4, -0.2) is 19.9 Å². The Kier molecular flexibility index (Phi) is 3.71. The Labute approximate surface area is 114 Å². The average molecular weight is 259 g/mol. The summed E-state index contributed by atoms with van der Waals surface area (Å²) in [6.45, 7) is 8.28. The second-order valence-electron chi connectivity index (χ2n) is 5.65. The van der Waals surface area contributed by atoms with Crippen LogP contribution in [0, 0.1) is 0 Å². The monoisotopic (exact) mass is 259 g/mol. The predicted molar refractivity (Wildman–Crippen MR) is 75.8 cm³/mol. The van der Waals surface area contributed by atoms with E-state index >= 15 is 0 Å². The number of nitrogens with zero attached hydrogens (tertiary/aromatic N) is 3. The van der Waals surface area contributed by atoms with Gasteiger partial charge in [0.2, 0.25) is 0 Å². The molecule has 2 aromatic rings. The summed E-state index contributed by atoms with van der Waals surface area (Å²) in [6.07, 6.45) is 1.02. The van der Waals surface area contributed by atoms with Crippen molar-refractivity contribution in [2.75, 3.05) is 0 Å². The quantitative estimate of drug-likeness (QED) is 0.922. The lowest BCUT2D eigenvalue weighted by Gasteiger charge is -2.24. The Morgan fingerprint density at radius 3 is 2.21 bits per heavy atom. The first-order chi connectivity index (χ1) is 8.97. The molecule has 1 aromatic carbocycles. The van der Waals surface area contributed by atoms with Crippen molar-refractivity contribution in [3.63, 3.8) is 0 Å². The number of aliphatic hydroxyl groups excluding tert-OH is 1. The van der Waals surface area contributed by atoms with Gasteiger partial charge in [-0.2, -0.15) is 0 Å². The summed E-state index contributed by atoms with van der Waals surface area (Å²) < 4.78 is 1.99. The Balaban J connectivity index is 2.52. The minimum absolute atomic E-state index is 0.0999. The van der Waals surface area contributed by atoms with Crippen molar-refractivity contribution in [1.29, 1.82) is 0 Å². The molecule has 1 N–H and O–H groups in total. The van der Waals surface area contributed by atoms with E-state index in [1.54, 1.807) is 0 Å². The van der Waals surface area contributed by atoms with E-state index in [0.29, 0.717) is 5.82 Å². The lowest BCUT2D eigenvalue weighted by molar-refractivity contribution is 0.250. The van der Waals surface area contributed by atoms with E-state index in [0.717, 1.165) is 17.8 Å². The van der Waals surface area contributed by atoms with Gasteiger partial charge >= 0.3 is 0 Å². The Hall–Kier alpha value is -1.68. The van der Waals surface area contributed by atoms with E-state index in [-0.39, 0.29) is 12.1 Å². The number of hydrogen-bond donors (Lipinski definition) is 1. The highest BCUT2D eigenvalue weighted by Gasteiger charge is 2.23. The molecule has 0 fully saturated rings. The summed E-state index contributed by atoms with van der Waals surface area (Å²) >= 11 is 0. The molecule has 102 valence electrons. The van der Waals surface area contributed by atoms with Crippen molar-refractivity contribution >= 4 is 0 Å². The molecule has 0 bridgehead atoms. The smallest absolute Gasteiger partial charge is 0.164 e. The molecule has 2 rings (SSSR count). The maximum atomic E-state index is 9.40. The van der Waals surface area contributed by atoms with Gasteiger partial charge in [0, 0.05) is 11.1 Å². The largest absolute Gasteiger partial charge is 0.388 e. The van der Waals surface area contributed by atoms with Crippen LogP contribution in [0.4, 0.5) is 0 Å². The Morgan fingerprint density at radius 1 is 1.11 bits per heavy atom. The van der Waals surface area contributed by atoms with E-state index in [4.69, 9.17) is 0 Å². The van der Waals surface area contributed by atoms with Gasteiger partial charge in [-0.25, -0.2) is 0 Å². The molecule has 0 aliphatic heterocycles. The first-order valence-corrected chi connectivity index (χ1v) is 6.62. The summed E-state index contributed by atoms with van der Waals surface area (Å²) in [7, 11) is 0. The van der Waals surface area contributed by atoms with Crippen LogP contribution in [0.5, 0.6) is 0 Å². The van der Waals surface area contributed by atoms with Crippen LogP contribution in [-0.2, 0) is 18.6 Å². The van der Waals surface area contributed by atoms with Crippen molar-refractivity contribution in [3.8, 4) is 11.4 Å². The molecule has 0 atom stereocenters. The van der Waals surface area contributed by atoms with E-state index in [1.807, 2.05) is 4.57 Å². The number of benzene rings is 1. The number of aryl methyl sites for hydroxylation is 1. The van der Waals surface area contributed by atoms with Crippen LogP contribution in [0.25, 0.3) is 11.4 Å². The first-order valence-electron chi connectivity index (χ1n) is 6.62. The molecule has 0 aliphatic rings. The van der Waals surface area contributed by atoms with Gasteiger partial charge in [0.05, 0.1) is 0 Å². The van der Waals surface area contributed by atoms with Crippen LogP contribution in [0.2, 0.25) is 0 Å². The van der Waals surface area contributed by atoms with E-state index in [2.05, 4.69) is 62.2 Å². The fourth-order valence-corrected chi connectivity index (χ4v) is 2.20. The molecule has 4 nitrogen and oxygen atoms in total. The Morgan fingerprint density at radius 2 is 1.74 bits per heavy atom. The second kappa shape index (κ2) is 5.13. The maximum Gasteiger partial charge on any atom is 0.164 e. The van der Waals surface area contributed by atoms with Gasteiger partial charge in [-0.3, -0.25) is 0 Å². The highest BCUT2D eigenvalue weighted by molar-refractivity contribution is 5.56. The number of aromatic nitrogens is 3. The van der Waals surface area contributed by atoms with Gasteiger partial charge in [0.1, 0.15) is 6.61 Å². The number of hydrogen-bond acceptors (Lipinski definition) is 3. The molecule has 0 unspecified atom stereocenters. The van der Waals surface area contributed by atoms with Crippen molar-refractivity contribution in [1.82, 2.24) is 14.8 Å². The van der Waals surface area contributed by atoms with Crippen LogP contribution in [0.1, 0.15) is 39.1 Å². The van der Waals surface area contributed by atoms with Crippen molar-refractivity contribution < 1.29 is 5.11 Å². The fourth-order valence-electron chi connectivity index (χ4n) is 2.20. The highest BCUT2D eigenvalue weighted by Crippen LogP contribution is 2.26. The molecule has 1 aromatic heterocycles. The SMILES string of the molecule is CCc1ccc(-c2nnc(CO)n2C(C)(C)C)cc1. The van der Waals surface area contributed by atoms with Crippen LogP contribution < -0.4 is 0 Å². The van der Waals surface area contributed by atoms with E-state index in [1.165, 1.54) is 5.56 Å². The minimum Gasteiger partial charge on any atom is -0.388 e. The summed E-state index contributed by atoms with van der Waals surface area (Å²) in [4.78, 5) is 0. The zero-order chi connectivity index (χ0) is 14.0. The van der Waals surface area contributed by atoms with Crippen LogP contribution >= 0.6 is 0 Å². The standard InChI is InChI=1S/C15H21N3O/c1-5-11-6-8-12(9-7-11)14-17-16-13(10-19)18(14)15(2,3)4/h6-9,19H,5,10H2,1-4H3. The fraction of sp³-hybridized carbons (Fsp3) is 0.467. The zero-order valence-corrected chi connectivity index (χ0v) is 12.0. The molecule has 0 aliphatic carbocycles. The minimum atomic E-state index is -0.166. The number of aliphatic hydroxyl groups is 1. The van der Waals surface area contributed by atoms with Crippen LogP contribution in [0.15, 0.2) is 24.3 Å². The summed E-state index contributed by atoms with van der Waals surface area (Å²) in [6, 6.07) is 8.34. The molecule has 0 saturated carbocycles. The normalized spacial score (nSPS) is 11.8. The van der Waals surface area contributed by atoms with Crippen molar-refractivity contribution in [3.05, 3.63) is 35.7 Å². The van der Waals surface area contributed by atoms with Gasteiger partial charge in [-0.05, 0) is 32.8 Å². The molecule has 4 heteroatoms. The zero-order valence-electron chi connectivity index (χ0n) is 12.0. The molecule has 0 saturated heterocycles. The molecular weight excluding hydrogens is 238 g/mol. The third kappa shape index (κ3) is 2.68. The summed E-state index contributed by atoms with van der Waals surface area (Å²) in [5.74, 6) is 1.40. The molecule has 19 heavy (non-hydrogen) atoms. The first kappa shape index (κ1) is 13.7. The molecule has 0 radical (unpaired) electrons. The molecule has 0 amide bonds. The maximum absolute atomic E-state index is 9.40. The lowest BCUT2D eigenvalue weighted by atomic mass is 10.1. The third-order valence-electron chi connectivity index (χ3n) is 3.16. The molecular formula is C15H21N3O. The highest BCUT2D eigenvalue weighted by atomic mass is 16.3. The molecule has 0 spiro atoms. The number of rotatable bonds is 3. The Bertz CT molecular complexity index is 550. The van der Waals surface area contributed by atoms with Gasteiger partial charge in [0.15, 0.2) is 11.6 Å². The molecule has 1 heterocycles. The predicted octanol–water partition coefficient (Wildman–Crippen LogP) is 2.75. The van der Waals surface area contributed by atoms with Gasteiger partial charge < -0.3 is 9.67 Å². The summed E-state index contributed by atoms with van der Waals surface area (Å²) in [5, 5.41) is 17.7. The van der Waals surface area contributed by atoms with Gasteiger partial charge in [0.25, 0.3) is 0 Å². The second-order valence-corrected chi connectivity index (χ2v) is 5.65. The van der Waals surface area contributed by atoms with Gasteiger partial charge in [-0.1, -0.05) is 31.2 Å². The van der Waals surface area contributed by atoms with Crippen molar-refractivity contribution in [2.24, 2.45) is 0 Å². The van der Waals surface area contributed by atoms with Crippen molar-refractivity contribution in [2.45, 2.75) is 46.3 Å². The van der Waals surface area contributed by atoms with Gasteiger partial charge in [-0.15, -0.1) is 10.2 Å².